The Hall–Kier alpha value is -4.56. The van der Waals surface area contributed by atoms with Gasteiger partial charge in [0, 0.05) is 47.0 Å². The molecule has 216 valence electrons. The summed E-state index contributed by atoms with van der Waals surface area (Å²) in [6, 6.07) is 19.2. The zero-order valence-electron chi connectivity index (χ0n) is 23.7. The number of benzene rings is 3. The number of hydrogen-bond donors (Lipinski definition) is 2. The Kier molecular flexibility index (Phi) is 8.09. The summed E-state index contributed by atoms with van der Waals surface area (Å²) in [5, 5.41) is 4.33. The quantitative estimate of drug-likeness (QED) is 0.122. The number of carbonyl (C=O) groups excluding carboxylic acids is 2. The van der Waals surface area contributed by atoms with Crippen LogP contribution in [0.4, 0.5) is 4.79 Å². The van der Waals surface area contributed by atoms with Gasteiger partial charge in [-0.05, 0) is 56.5 Å². The van der Waals surface area contributed by atoms with Crippen LogP contribution in [0.25, 0.3) is 21.9 Å². The highest BCUT2D eigenvalue weighted by molar-refractivity contribution is 6.33. The fourth-order valence-electron chi connectivity index (χ4n) is 4.82. The molecule has 1 amide bonds. The molecule has 0 spiro atoms. The molecule has 0 saturated carbocycles. The van der Waals surface area contributed by atoms with E-state index < -0.39 is 29.3 Å². The van der Waals surface area contributed by atoms with E-state index in [1.54, 1.807) is 33.0 Å². The second-order valence-corrected chi connectivity index (χ2v) is 11.5. The van der Waals surface area contributed by atoms with Crippen molar-refractivity contribution in [2.24, 2.45) is 0 Å². The molecule has 1 atom stereocenters. The van der Waals surface area contributed by atoms with Crippen LogP contribution in [0.2, 0.25) is 5.02 Å². The van der Waals surface area contributed by atoms with E-state index in [1.165, 1.54) is 6.07 Å². The maximum atomic E-state index is 13.5. The monoisotopic (exact) mass is 586 g/mol. The van der Waals surface area contributed by atoms with Crippen molar-refractivity contribution in [2.75, 3.05) is 0 Å². The molecule has 8 nitrogen and oxygen atoms in total. The number of aromatic nitrogens is 1. The average molecular weight is 587 g/mol. The van der Waals surface area contributed by atoms with Gasteiger partial charge in [-0.3, -0.25) is 0 Å². The van der Waals surface area contributed by atoms with Crippen LogP contribution in [-0.4, -0.2) is 28.7 Å². The van der Waals surface area contributed by atoms with Crippen molar-refractivity contribution in [1.82, 2.24) is 10.3 Å². The summed E-state index contributed by atoms with van der Waals surface area (Å²) in [7, 11) is 0. The Morgan fingerprint density at radius 3 is 2.48 bits per heavy atom. The third kappa shape index (κ3) is 6.50. The number of fused-ring (bicyclic) bond motifs is 2. The molecule has 3 aromatic carbocycles. The summed E-state index contributed by atoms with van der Waals surface area (Å²) in [4.78, 5) is 42.3. The van der Waals surface area contributed by atoms with Crippen LogP contribution in [0.5, 0.6) is 5.75 Å². The first kappa shape index (κ1) is 29.0. The highest BCUT2D eigenvalue weighted by Gasteiger charge is 2.28. The maximum Gasteiger partial charge on any atom is 0.408 e. The van der Waals surface area contributed by atoms with Crippen LogP contribution in [0, 0.1) is 6.92 Å². The lowest BCUT2D eigenvalue weighted by molar-refractivity contribution is -0.136. The SMILES string of the molecule is Cc1c(Cc2ccccc2)c(=O)oc2cc(OC(=O)C(Cc3c[nH]c4ccccc34)NC(=O)OC(C)(C)C)c(Cl)cc12. The zero-order valence-corrected chi connectivity index (χ0v) is 24.5. The number of nitrogens with one attached hydrogen (secondary N) is 2. The van der Waals surface area contributed by atoms with Crippen LogP contribution in [0.3, 0.4) is 0 Å². The second kappa shape index (κ2) is 11.7. The Labute approximate surface area is 247 Å². The predicted molar refractivity (Wildman–Crippen MR) is 162 cm³/mol. The number of aryl methyl sites for hydroxylation is 1. The van der Waals surface area contributed by atoms with Crippen molar-refractivity contribution < 1.29 is 23.5 Å². The lowest BCUT2D eigenvalue weighted by Crippen LogP contribution is -2.46. The third-order valence-electron chi connectivity index (χ3n) is 6.85. The average Bonchev–Trinajstić information content (AvgIpc) is 3.34. The molecule has 9 heteroatoms. The van der Waals surface area contributed by atoms with Crippen LogP contribution >= 0.6 is 11.6 Å². The summed E-state index contributed by atoms with van der Waals surface area (Å²) in [6.07, 6.45) is 1.56. The van der Waals surface area contributed by atoms with E-state index in [1.807, 2.05) is 61.5 Å². The van der Waals surface area contributed by atoms with Gasteiger partial charge in [-0.25, -0.2) is 14.4 Å². The number of hydrogen-bond acceptors (Lipinski definition) is 6. The van der Waals surface area contributed by atoms with Gasteiger partial charge in [0.15, 0.2) is 5.75 Å². The molecule has 5 rings (SSSR count). The van der Waals surface area contributed by atoms with Gasteiger partial charge >= 0.3 is 17.7 Å². The van der Waals surface area contributed by atoms with Gasteiger partial charge in [-0.1, -0.05) is 60.1 Å². The molecule has 0 bridgehead atoms. The number of aromatic amines is 1. The summed E-state index contributed by atoms with van der Waals surface area (Å²) >= 11 is 6.58. The molecule has 0 aliphatic carbocycles. The molecule has 2 aromatic heterocycles. The van der Waals surface area contributed by atoms with Crippen LogP contribution in [-0.2, 0) is 22.4 Å². The summed E-state index contributed by atoms with van der Waals surface area (Å²) in [5.74, 6) is -0.755. The lowest BCUT2D eigenvalue weighted by Gasteiger charge is -2.23. The van der Waals surface area contributed by atoms with E-state index >= 15 is 0 Å². The number of esters is 1. The first-order valence-electron chi connectivity index (χ1n) is 13.5. The minimum Gasteiger partial charge on any atom is -0.444 e. The lowest BCUT2D eigenvalue weighted by atomic mass is 9.99. The molecule has 1 unspecified atom stereocenters. The minimum absolute atomic E-state index is 0.00226. The van der Waals surface area contributed by atoms with Crippen LogP contribution < -0.4 is 15.7 Å². The Morgan fingerprint density at radius 2 is 1.74 bits per heavy atom. The number of H-pyrrole nitrogens is 1. The molecule has 2 N–H and O–H groups in total. The van der Waals surface area contributed by atoms with Crippen molar-refractivity contribution in [3.8, 4) is 5.75 Å². The van der Waals surface area contributed by atoms with Crippen molar-refractivity contribution in [3.05, 3.63) is 111 Å². The summed E-state index contributed by atoms with van der Waals surface area (Å²) < 4.78 is 16.7. The smallest absolute Gasteiger partial charge is 0.408 e. The Morgan fingerprint density at radius 1 is 1.02 bits per heavy atom. The van der Waals surface area contributed by atoms with Crippen LogP contribution in [0.1, 0.15) is 43.0 Å². The normalized spacial score (nSPS) is 12.3. The molecule has 0 fully saturated rings. The molecule has 0 aliphatic heterocycles. The number of amides is 1. The Balaban J connectivity index is 1.44. The highest BCUT2D eigenvalue weighted by atomic mass is 35.5. The first-order valence-corrected chi connectivity index (χ1v) is 13.9. The Bertz CT molecular complexity index is 1840. The van der Waals surface area contributed by atoms with Crippen molar-refractivity contribution in [3.63, 3.8) is 0 Å². The zero-order chi connectivity index (χ0) is 30.0. The molecule has 42 heavy (non-hydrogen) atoms. The van der Waals surface area contributed by atoms with E-state index in [4.69, 9.17) is 25.5 Å². The molecule has 0 aliphatic rings. The number of carbonyl (C=O) groups is 2. The number of rotatable bonds is 7. The van der Waals surface area contributed by atoms with Crippen molar-refractivity contribution >= 4 is 45.5 Å². The van der Waals surface area contributed by atoms with Gasteiger partial charge in [-0.2, -0.15) is 0 Å². The van der Waals surface area contributed by atoms with Gasteiger partial charge in [0.05, 0.1) is 5.02 Å². The van der Waals surface area contributed by atoms with Gasteiger partial charge in [0.2, 0.25) is 0 Å². The number of alkyl carbamates (subject to hydrolysis) is 1. The fraction of sp³-hybridized carbons (Fsp3) is 0.242. The van der Waals surface area contributed by atoms with E-state index in [9.17, 15) is 14.4 Å². The minimum atomic E-state index is -1.10. The van der Waals surface area contributed by atoms with Gasteiger partial charge in [0.25, 0.3) is 0 Å². The van der Waals surface area contributed by atoms with E-state index in [0.29, 0.717) is 17.4 Å². The topological polar surface area (TPSA) is 111 Å². The second-order valence-electron chi connectivity index (χ2n) is 11.1. The van der Waals surface area contributed by atoms with E-state index in [2.05, 4.69) is 10.3 Å². The van der Waals surface area contributed by atoms with E-state index in [-0.39, 0.29) is 22.8 Å². The number of halogens is 1. The van der Waals surface area contributed by atoms with Gasteiger partial charge < -0.3 is 24.2 Å². The molecule has 0 radical (unpaired) electrons. The first-order chi connectivity index (χ1) is 20.0. The molecule has 0 saturated heterocycles. The molecule has 2 heterocycles. The predicted octanol–water partition coefficient (Wildman–Crippen LogP) is 6.87. The standard InChI is InChI=1S/C33H31ClN2O6/c1-19-23-16-25(34)29(17-28(23)40-30(37)24(19)14-20-10-6-5-7-11-20)41-31(38)27(36-32(39)42-33(2,3)4)15-21-18-35-26-13-9-8-12-22(21)26/h5-13,16-18,27,35H,14-15H2,1-4H3,(H,36,39). The number of para-hydroxylation sites is 1. The summed E-state index contributed by atoms with van der Waals surface area (Å²) in [5.41, 5.74) is 2.91. The van der Waals surface area contributed by atoms with Gasteiger partial charge in [0.1, 0.15) is 17.2 Å². The van der Waals surface area contributed by atoms with E-state index in [0.717, 1.165) is 27.6 Å². The highest BCUT2D eigenvalue weighted by Crippen LogP contribution is 2.33. The fourth-order valence-corrected chi connectivity index (χ4v) is 5.02. The largest absolute Gasteiger partial charge is 0.444 e. The third-order valence-corrected chi connectivity index (χ3v) is 7.14. The van der Waals surface area contributed by atoms with Gasteiger partial charge in [-0.15, -0.1) is 0 Å². The summed E-state index contributed by atoms with van der Waals surface area (Å²) in [6.45, 7) is 7.03. The molecular formula is C33H31ClN2O6. The maximum absolute atomic E-state index is 13.5. The molecular weight excluding hydrogens is 556 g/mol. The van der Waals surface area contributed by atoms with Crippen molar-refractivity contribution in [2.45, 2.75) is 52.2 Å². The van der Waals surface area contributed by atoms with Crippen LogP contribution in [0.15, 0.2) is 82.1 Å². The number of ether oxygens (including phenoxy) is 2. The van der Waals surface area contributed by atoms with Crippen molar-refractivity contribution in [1.29, 1.82) is 0 Å². The molecule has 5 aromatic rings.